The lowest BCUT2D eigenvalue weighted by atomic mass is 10.2. The van der Waals surface area contributed by atoms with Crippen molar-refractivity contribution in [1.29, 1.82) is 0 Å². The topological polar surface area (TPSA) is 92.8 Å². The number of hydrogen-bond acceptors (Lipinski definition) is 5. The highest BCUT2D eigenvalue weighted by Crippen LogP contribution is 2.30. The first kappa shape index (κ1) is 18.5. The minimum atomic E-state index is -4.00. The second-order valence-electron chi connectivity index (χ2n) is 6.91. The molecule has 2 aromatic rings. The normalized spacial score (nSPS) is 18.1. The van der Waals surface area contributed by atoms with Gasteiger partial charge in [-0.05, 0) is 62.1 Å². The molecule has 0 aromatic heterocycles. The lowest BCUT2D eigenvalue weighted by Crippen LogP contribution is -2.37. The number of benzene rings is 2. The maximum absolute atomic E-state index is 12.5. The largest absolute Gasteiger partial charge is 0.490 e. The van der Waals surface area contributed by atoms with Gasteiger partial charge in [-0.2, -0.15) is 0 Å². The summed E-state index contributed by atoms with van der Waals surface area (Å²) >= 11 is 0. The van der Waals surface area contributed by atoms with Crippen LogP contribution in [0.5, 0.6) is 5.75 Å². The number of hydrogen-bond donors (Lipinski definition) is 1. The molecule has 8 heteroatoms. The van der Waals surface area contributed by atoms with Crippen LogP contribution < -0.4 is 10.1 Å². The molecule has 28 heavy (non-hydrogen) atoms. The Morgan fingerprint density at radius 2 is 1.75 bits per heavy atom. The maximum atomic E-state index is 12.5. The lowest BCUT2D eigenvalue weighted by Gasteiger charge is -2.15. The van der Waals surface area contributed by atoms with Gasteiger partial charge < -0.3 is 10.1 Å². The number of amides is 2. The Morgan fingerprint density at radius 3 is 2.43 bits per heavy atom. The zero-order valence-electron chi connectivity index (χ0n) is 15.1. The van der Waals surface area contributed by atoms with Gasteiger partial charge in [-0.25, -0.2) is 12.7 Å². The Balaban J connectivity index is 1.40. The van der Waals surface area contributed by atoms with Gasteiger partial charge in [0.15, 0.2) is 0 Å². The van der Waals surface area contributed by atoms with Gasteiger partial charge in [-0.3, -0.25) is 9.59 Å². The molecular formula is C20H20N2O5S. The number of anilines is 1. The van der Waals surface area contributed by atoms with Crippen LogP contribution >= 0.6 is 0 Å². The Hall–Kier alpha value is -2.87. The van der Waals surface area contributed by atoms with Crippen LogP contribution in [-0.4, -0.2) is 37.2 Å². The summed E-state index contributed by atoms with van der Waals surface area (Å²) < 4.78 is 31.5. The van der Waals surface area contributed by atoms with Gasteiger partial charge in [-0.15, -0.1) is 0 Å². The molecule has 0 spiro atoms. The van der Waals surface area contributed by atoms with Crippen LogP contribution in [0.3, 0.4) is 0 Å². The van der Waals surface area contributed by atoms with Crippen molar-refractivity contribution < 1.29 is 22.7 Å². The van der Waals surface area contributed by atoms with Crippen molar-refractivity contribution in [2.75, 3.05) is 11.9 Å². The van der Waals surface area contributed by atoms with E-state index in [-0.39, 0.29) is 16.6 Å². The summed E-state index contributed by atoms with van der Waals surface area (Å²) in [4.78, 5) is 24.6. The summed E-state index contributed by atoms with van der Waals surface area (Å²) in [5, 5.41) is 2.62. The Morgan fingerprint density at radius 1 is 1.07 bits per heavy atom. The molecule has 0 radical (unpaired) electrons. The molecule has 0 atom stereocenters. The number of rotatable bonds is 5. The zero-order valence-corrected chi connectivity index (χ0v) is 15.9. The molecule has 7 nitrogen and oxygen atoms in total. The van der Waals surface area contributed by atoms with Gasteiger partial charge in [0.25, 0.3) is 15.9 Å². The van der Waals surface area contributed by atoms with Crippen molar-refractivity contribution in [3.05, 3.63) is 54.1 Å². The van der Waals surface area contributed by atoms with E-state index in [1.54, 1.807) is 36.4 Å². The minimum Gasteiger partial charge on any atom is -0.490 e. The van der Waals surface area contributed by atoms with Crippen molar-refractivity contribution in [2.45, 2.75) is 36.7 Å². The zero-order chi connectivity index (χ0) is 19.7. The summed E-state index contributed by atoms with van der Waals surface area (Å²) in [6.45, 7) is -0.573. The minimum absolute atomic E-state index is 0.0683. The van der Waals surface area contributed by atoms with Crippen molar-refractivity contribution >= 4 is 27.5 Å². The number of carbonyl (C=O) groups excluding carboxylic acids is 2. The van der Waals surface area contributed by atoms with Gasteiger partial charge in [-0.1, -0.05) is 12.1 Å². The molecular weight excluding hydrogens is 380 g/mol. The molecule has 1 aliphatic carbocycles. The van der Waals surface area contributed by atoms with Gasteiger partial charge in [0.1, 0.15) is 17.2 Å². The monoisotopic (exact) mass is 400 g/mol. The summed E-state index contributed by atoms with van der Waals surface area (Å²) in [7, 11) is -4.00. The van der Waals surface area contributed by atoms with E-state index in [1.165, 1.54) is 25.0 Å². The molecule has 1 fully saturated rings. The van der Waals surface area contributed by atoms with Gasteiger partial charge in [0, 0.05) is 5.69 Å². The van der Waals surface area contributed by atoms with Crippen LogP contribution in [0.2, 0.25) is 0 Å². The van der Waals surface area contributed by atoms with Crippen LogP contribution in [0.1, 0.15) is 36.0 Å². The average Bonchev–Trinajstić information content (AvgIpc) is 3.25. The van der Waals surface area contributed by atoms with Crippen LogP contribution in [0.25, 0.3) is 0 Å². The Bertz CT molecular complexity index is 1010. The summed E-state index contributed by atoms with van der Waals surface area (Å²) in [6, 6.07) is 12.9. The molecule has 0 unspecified atom stereocenters. The number of ether oxygens (including phenoxy) is 1. The maximum Gasteiger partial charge on any atom is 0.269 e. The van der Waals surface area contributed by atoms with E-state index in [0.717, 1.165) is 18.6 Å². The SMILES string of the molecule is O=C(CN1C(=O)c2ccccc2S1(=O)=O)Nc1ccc(OC2CCCC2)cc1. The molecule has 0 bridgehead atoms. The number of nitrogens with one attached hydrogen (secondary N) is 1. The third-order valence-corrected chi connectivity index (χ3v) is 6.73. The van der Waals surface area contributed by atoms with Crippen LogP contribution in [0.4, 0.5) is 5.69 Å². The van der Waals surface area contributed by atoms with Gasteiger partial charge >= 0.3 is 0 Å². The number of nitrogens with zero attached hydrogens (tertiary/aromatic N) is 1. The second-order valence-corrected chi connectivity index (χ2v) is 8.74. The van der Waals surface area contributed by atoms with E-state index in [4.69, 9.17) is 4.74 Å². The first-order valence-electron chi connectivity index (χ1n) is 9.18. The Kier molecular flexibility index (Phi) is 4.80. The van der Waals surface area contributed by atoms with Gasteiger partial charge in [0.05, 0.1) is 11.7 Å². The molecule has 1 aliphatic heterocycles. The molecule has 1 heterocycles. The first-order valence-corrected chi connectivity index (χ1v) is 10.6. The molecule has 1 saturated carbocycles. The standard InChI is InChI=1S/C20H20N2O5S/c23-19(13-22-20(24)17-7-3-4-8-18(17)28(22,25)26)21-14-9-11-16(12-10-14)27-15-5-1-2-6-15/h3-4,7-12,15H,1-2,5-6,13H2,(H,21,23). The second kappa shape index (κ2) is 7.27. The molecule has 1 N–H and O–H groups in total. The van der Waals surface area contributed by atoms with Crippen LogP contribution in [0, 0.1) is 0 Å². The predicted molar refractivity (Wildman–Crippen MR) is 103 cm³/mol. The fourth-order valence-corrected chi connectivity index (χ4v) is 5.06. The van der Waals surface area contributed by atoms with Gasteiger partial charge in [0.2, 0.25) is 5.91 Å². The Labute approximate surface area is 163 Å². The first-order chi connectivity index (χ1) is 13.4. The number of sulfonamides is 1. The van der Waals surface area contributed by atoms with Crippen molar-refractivity contribution in [3.8, 4) is 5.75 Å². The van der Waals surface area contributed by atoms with E-state index >= 15 is 0 Å². The van der Waals surface area contributed by atoms with Crippen LogP contribution in [0.15, 0.2) is 53.4 Å². The van der Waals surface area contributed by atoms with E-state index in [1.807, 2.05) is 0 Å². The van der Waals surface area contributed by atoms with Crippen molar-refractivity contribution in [2.24, 2.45) is 0 Å². The van der Waals surface area contributed by atoms with Crippen molar-refractivity contribution in [3.63, 3.8) is 0 Å². The predicted octanol–water partition coefficient (Wildman–Crippen LogP) is 2.79. The average molecular weight is 400 g/mol. The fourth-order valence-electron chi connectivity index (χ4n) is 3.53. The van der Waals surface area contributed by atoms with E-state index < -0.39 is 28.4 Å². The molecule has 0 saturated heterocycles. The molecule has 2 aliphatic rings. The summed E-state index contributed by atoms with van der Waals surface area (Å²) in [5.41, 5.74) is 0.592. The number of fused-ring (bicyclic) bond motifs is 1. The van der Waals surface area contributed by atoms with Crippen molar-refractivity contribution in [1.82, 2.24) is 4.31 Å². The third kappa shape index (κ3) is 3.47. The molecule has 4 rings (SSSR count). The smallest absolute Gasteiger partial charge is 0.269 e. The highest BCUT2D eigenvalue weighted by Gasteiger charge is 2.41. The molecule has 2 aromatic carbocycles. The summed E-state index contributed by atoms with van der Waals surface area (Å²) in [5.74, 6) is -0.544. The lowest BCUT2D eigenvalue weighted by molar-refractivity contribution is -0.116. The van der Waals surface area contributed by atoms with E-state index in [2.05, 4.69) is 5.32 Å². The van der Waals surface area contributed by atoms with E-state index in [0.29, 0.717) is 9.99 Å². The quantitative estimate of drug-likeness (QED) is 0.833. The highest BCUT2D eigenvalue weighted by atomic mass is 32.2. The molecule has 146 valence electrons. The van der Waals surface area contributed by atoms with Crippen LogP contribution in [-0.2, 0) is 14.8 Å². The highest BCUT2D eigenvalue weighted by molar-refractivity contribution is 7.90. The summed E-state index contributed by atoms with van der Waals surface area (Å²) in [6.07, 6.45) is 4.72. The fraction of sp³-hybridized carbons (Fsp3) is 0.300. The molecule has 2 amide bonds. The third-order valence-electron chi connectivity index (χ3n) is 4.94. The van der Waals surface area contributed by atoms with E-state index in [9.17, 15) is 18.0 Å². The number of carbonyl (C=O) groups is 2.